The van der Waals surface area contributed by atoms with Crippen LogP contribution in [0.15, 0.2) is 30.6 Å². The molecule has 10 heteroatoms. The molecule has 0 amide bonds. The number of rotatable bonds is 4. The first-order valence-electron chi connectivity index (χ1n) is 7.90. The van der Waals surface area contributed by atoms with Crippen LogP contribution in [0.2, 0.25) is 5.02 Å². The van der Waals surface area contributed by atoms with Gasteiger partial charge >= 0.3 is 0 Å². The van der Waals surface area contributed by atoms with Gasteiger partial charge in [-0.3, -0.25) is 4.40 Å². The van der Waals surface area contributed by atoms with Crippen molar-refractivity contribution in [2.75, 3.05) is 11.1 Å². The largest absolute Gasteiger partial charge is 0.390 e. The van der Waals surface area contributed by atoms with Crippen molar-refractivity contribution >= 4 is 34.8 Å². The summed E-state index contributed by atoms with van der Waals surface area (Å²) in [6.07, 6.45) is 1.56. The number of aliphatic hydroxyl groups is 2. The Kier molecular flexibility index (Phi) is 4.70. The minimum Gasteiger partial charge on any atom is -0.390 e. The molecular weight excluding hydrogens is 381 g/mol. The molecule has 3 heterocycles. The van der Waals surface area contributed by atoms with Gasteiger partial charge in [-0.25, -0.2) is 9.37 Å². The second-order valence-electron chi connectivity index (χ2n) is 5.93. The molecule has 3 atom stereocenters. The van der Waals surface area contributed by atoms with Gasteiger partial charge in [0, 0.05) is 35.3 Å². The summed E-state index contributed by atoms with van der Waals surface area (Å²) in [6.45, 7) is 0.181. The fourth-order valence-electron chi connectivity index (χ4n) is 2.85. The topological polar surface area (TPSA) is 95.6 Å². The van der Waals surface area contributed by atoms with Crippen molar-refractivity contribution in [3.63, 3.8) is 0 Å². The second-order valence-corrected chi connectivity index (χ2v) is 7.54. The standard InChI is InChI=1S/C16H15ClFN5O2S/c17-9-1-2-10(18)8(5-9)6-20-14-16-22-21-15(23(16)4-3-19-14)13-12(25)11(24)7-26-13/h1-5,11-13,24-25H,6-7H2,(H,19,20)/t11-,12-,13-/m1/s1. The Bertz CT molecular complexity index is 956. The maximum Gasteiger partial charge on any atom is 0.203 e. The third-order valence-electron chi connectivity index (χ3n) is 4.21. The van der Waals surface area contributed by atoms with E-state index in [1.54, 1.807) is 22.9 Å². The number of hydrogen-bond acceptors (Lipinski definition) is 7. The average molecular weight is 396 g/mol. The molecule has 1 fully saturated rings. The highest BCUT2D eigenvalue weighted by Gasteiger charge is 2.38. The molecule has 1 saturated heterocycles. The lowest BCUT2D eigenvalue weighted by atomic mass is 10.1. The highest BCUT2D eigenvalue weighted by Crippen LogP contribution is 2.39. The van der Waals surface area contributed by atoms with Crippen LogP contribution in [0, 0.1) is 5.82 Å². The first-order chi connectivity index (χ1) is 12.5. The number of halogens is 2. The fourth-order valence-corrected chi connectivity index (χ4v) is 4.33. The molecule has 3 N–H and O–H groups in total. The first kappa shape index (κ1) is 17.5. The molecule has 136 valence electrons. The molecule has 3 aromatic rings. The van der Waals surface area contributed by atoms with E-state index in [0.29, 0.717) is 33.6 Å². The number of fused-ring (bicyclic) bond motifs is 1. The summed E-state index contributed by atoms with van der Waals surface area (Å²) in [6, 6.07) is 4.35. The minimum absolute atomic E-state index is 0.181. The number of anilines is 1. The first-order valence-corrected chi connectivity index (χ1v) is 9.32. The van der Waals surface area contributed by atoms with Gasteiger partial charge in [0.2, 0.25) is 5.65 Å². The van der Waals surface area contributed by atoms with Crippen molar-refractivity contribution in [2.45, 2.75) is 24.0 Å². The van der Waals surface area contributed by atoms with Crippen LogP contribution in [0.4, 0.5) is 10.2 Å². The fraction of sp³-hybridized carbons (Fsp3) is 0.312. The predicted octanol–water partition coefficient (Wildman–Crippen LogP) is 2.04. The summed E-state index contributed by atoms with van der Waals surface area (Å²) in [7, 11) is 0. The number of nitrogens with one attached hydrogen (secondary N) is 1. The molecule has 26 heavy (non-hydrogen) atoms. The molecule has 0 bridgehead atoms. The third kappa shape index (κ3) is 3.11. The predicted molar refractivity (Wildman–Crippen MR) is 96.7 cm³/mol. The molecule has 0 aliphatic carbocycles. The van der Waals surface area contributed by atoms with Crippen LogP contribution in [0.25, 0.3) is 5.65 Å². The summed E-state index contributed by atoms with van der Waals surface area (Å²) in [4.78, 5) is 4.24. The number of aromatic nitrogens is 4. The molecule has 4 rings (SSSR count). The van der Waals surface area contributed by atoms with Gasteiger partial charge in [-0.1, -0.05) is 11.6 Å². The lowest BCUT2D eigenvalue weighted by Crippen LogP contribution is -2.25. The van der Waals surface area contributed by atoms with Crippen LogP contribution in [0.1, 0.15) is 16.6 Å². The number of thioether (sulfide) groups is 1. The number of aliphatic hydroxyl groups excluding tert-OH is 2. The van der Waals surface area contributed by atoms with Gasteiger partial charge in [-0.2, -0.15) is 0 Å². The quantitative estimate of drug-likeness (QED) is 0.622. The van der Waals surface area contributed by atoms with E-state index in [4.69, 9.17) is 11.6 Å². The molecule has 7 nitrogen and oxygen atoms in total. The van der Waals surface area contributed by atoms with Crippen molar-refractivity contribution < 1.29 is 14.6 Å². The Morgan fingerprint density at radius 1 is 1.35 bits per heavy atom. The minimum atomic E-state index is -0.905. The van der Waals surface area contributed by atoms with Crippen molar-refractivity contribution in [1.29, 1.82) is 0 Å². The Morgan fingerprint density at radius 2 is 2.19 bits per heavy atom. The molecular formula is C16H15ClFN5O2S. The van der Waals surface area contributed by atoms with E-state index in [9.17, 15) is 14.6 Å². The maximum absolute atomic E-state index is 13.9. The average Bonchev–Trinajstić information content (AvgIpc) is 3.20. The lowest BCUT2D eigenvalue weighted by Gasteiger charge is -2.14. The van der Waals surface area contributed by atoms with Gasteiger partial charge in [-0.05, 0) is 18.2 Å². The van der Waals surface area contributed by atoms with Crippen LogP contribution in [-0.2, 0) is 6.54 Å². The third-order valence-corrected chi connectivity index (χ3v) is 5.83. The summed E-state index contributed by atoms with van der Waals surface area (Å²) < 4.78 is 15.6. The molecule has 0 saturated carbocycles. The van der Waals surface area contributed by atoms with E-state index in [-0.39, 0.29) is 17.6 Å². The van der Waals surface area contributed by atoms with Gasteiger partial charge in [0.05, 0.1) is 17.5 Å². The second kappa shape index (κ2) is 6.99. The van der Waals surface area contributed by atoms with E-state index in [2.05, 4.69) is 20.5 Å². The molecule has 0 unspecified atom stereocenters. The summed E-state index contributed by atoms with van der Waals surface area (Å²) in [5.74, 6) is 1.04. The smallest absolute Gasteiger partial charge is 0.203 e. The summed E-state index contributed by atoms with van der Waals surface area (Å²) in [5.41, 5.74) is 0.866. The van der Waals surface area contributed by atoms with Crippen molar-refractivity contribution in [3.8, 4) is 0 Å². The highest BCUT2D eigenvalue weighted by atomic mass is 35.5. The molecule has 1 aromatic carbocycles. The Morgan fingerprint density at radius 3 is 2.96 bits per heavy atom. The molecule has 1 aliphatic heterocycles. The molecule has 0 radical (unpaired) electrons. The van der Waals surface area contributed by atoms with E-state index in [1.807, 2.05) is 0 Å². The summed E-state index contributed by atoms with van der Waals surface area (Å²) >= 11 is 7.33. The van der Waals surface area contributed by atoms with Crippen molar-refractivity contribution in [1.82, 2.24) is 19.6 Å². The van der Waals surface area contributed by atoms with Gasteiger partial charge in [0.1, 0.15) is 5.82 Å². The van der Waals surface area contributed by atoms with Crippen LogP contribution < -0.4 is 5.32 Å². The maximum atomic E-state index is 13.9. The van der Waals surface area contributed by atoms with E-state index < -0.39 is 12.2 Å². The molecule has 0 spiro atoms. The molecule has 1 aliphatic rings. The van der Waals surface area contributed by atoms with Crippen LogP contribution in [0.3, 0.4) is 0 Å². The van der Waals surface area contributed by atoms with Crippen LogP contribution in [0.5, 0.6) is 0 Å². The SMILES string of the molecule is O[C@@H]1[C@H](O)CS[C@H]1c1nnc2c(NCc3cc(Cl)ccc3F)nccn12. The Hall–Kier alpha value is -1.94. The van der Waals surface area contributed by atoms with E-state index in [1.165, 1.54) is 23.9 Å². The zero-order valence-corrected chi connectivity index (χ0v) is 15.0. The van der Waals surface area contributed by atoms with Crippen LogP contribution >= 0.6 is 23.4 Å². The zero-order valence-electron chi connectivity index (χ0n) is 13.4. The van der Waals surface area contributed by atoms with E-state index >= 15 is 0 Å². The van der Waals surface area contributed by atoms with Gasteiger partial charge in [0.25, 0.3) is 0 Å². The molecule has 2 aromatic heterocycles. The van der Waals surface area contributed by atoms with Crippen molar-refractivity contribution in [2.24, 2.45) is 0 Å². The number of benzene rings is 1. The summed E-state index contributed by atoms with van der Waals surface area (Å²) in [5, 5.41) is 31.3. The number of hydrogen-bond donors (Lipinski definition) is 3. The van der Waals surface area contributed by atoms with Crippen LogP contribution in [-0.4, -0.2) is 47.8 Å². The monoisotopic (exact) mass is 395 g/mol. The zero-order chi connectivity index (χ0) is 18.3. The Labute approximate surface area is 157 Å². The normalized spacial score (nSPS) is 22.8. The van der Waals surface area contributed by atoms with Crippen molar-refractivity contribution in [3.05, 3.63) is 52.8 Å². The van der Waals surface area contributed by atoms with E-state index in [0.717, 1.165) is 0 Å². The van der Waals surface area contributed by atoms with Gasteiger partial charge < -0.3 is 15.5 Å². The van der Waals surface area contributed by atoms with Gasteiger partial charge in [-0.15, -0.1) is 22.0 Å². The van der Waals surface area contributed by atoms with Gasteiger partial charge in [0.15, 0.2) is 11.6 Å². The number of nitrogens with zero attached hydrogens (tertiary/aromatic N) is 4. The highest BCUT2D eigenvalue weighted by molar-refractivity contribution is 7.99. The lowest BCUT2D eigenvalue weighted by molar-refractivity contribution is 0.0404. The Balaban J connectivity index is 1.62.